The van der Waals surface area contributed by atoms with Gasteiger partial charge in [0, 0.05) is 0 Å². The van der Waals surface area contributed by atoms with Gasteiger partial charge in [-0.15, -0.1) is 23.2 Å². The number of esters is 1. The van der Waals surface area contributed by atoms with Gasteiger partial charge in [-0.05, 0) is 12.3 Å². The van der Waals surface area contributed by atoms with Gasteiger partial charge in [0.1, 0.15) is 18.4 Å². The molecule has 1 aliphatic rings. The van der Waals surface area contributed by atoms with E-state index in [1.165, 1.54) is 32.1 Å². The number of nitrogens with one attached hydrogen (secondary N) is 1. The molecule has 1 amide bonds. The number of carbonyl (C=O) groups is 2. The number of hydrogen-bond acceptors (Lipinski definition) is 3. The second-order valence-corrected chi connectivity index (χ2v) is 5.49. The minimum Gasteiger partial charge on any atom is -0.463 e. The van der Waals surface area contributed by atoms with E-state index in [1.807, 2.05) is 0 Å². The Bertz CT molecular complexity index is 294. The van der Waals surface area contributed by atoms with Gasteiger partial charge in [-0.2, -0.15) is 0 Å². The Morgan fingerprint density at radius 2 is 1.84 bits per heavy atom. The molecule has 1 fully saturated rings. The van der Waals surface area contributed by atoms with Crippen LogP contribution in [0.25, 0.3) is 0 Å². The van der Waals surface area contributed by atoms with Crippen LogP contribution in [0, 0.1) is 5.92 Å². The second-order valence-electron chi connectivity index (χ2n) is 4.95. The van der Waals surface area contributed by atoms with E-state index < -0.39 is 5.97 Å². The molecule has 1 rings (SSSR count). The highest BCUT2D eigenvalue weighted by molar-refractivity contribution is 6.27. The lowest BCUT2D eigenvalue weighted by Crippen LogP contribution is -2.41. The van der Waals surface area contributed by atoms with Gasteiger partial charge >= 0.3 is 5.97 Å². The molecule has 19 heavy (non-hydrogen) atoms. The van der Waals surface area contributed by atoms with E-state index >= 15 is 0 Å². The average Bonchev–Trinajstić information content (AvgIpc) is 2.45. The van der Waals surface area contributed by atoms with Crippen molar-refractivity contribution in [3.05, 3.63) is 0 Å². The van der Waals surface area contributed by atoms with Crippen LogP contribution >= 0.6 is 23.2 Å². The maximum absolute atomic E-state index is 11.4. The highest BCUT2D eigenvalue weighted by Crippen LogP contribution is 2.27. The summed E-state index contributed by atoms with van der Waals surface area (Å²) >= 11 is 10.9. The van der Waals surface area contributed by atoms with E-state index in [-0.39, 0.29) is 30.3 Å². The number of rotatable bonds is 7. The van der Waals surface area contributed by atoms with Crippen molar-refractivity contribution in [3.63, 3.8) is 0 Å². The molecule has 0 radical (unpaired) electrons. The third-order valence-electron chi connectivity index (χ3n) is 3.38. The monoisotopic (exact) mass is 309 g/mol. The highest BCUT2D eigenvalue weighted by Gasteiger charge is 2.21. The van der Waals surface area contributed by atoms with Crippen LogP contribution in [0.1, 0.15) is 38.5 Å². The van der Waals surface area contributed by atoms with Crippen molar-refractivity contribution in [2.45, 2.75) is 44.6 Å². The highest BCUT2D eigenvalue weighted by atomic mass is 35.5. The van der Waals surface area contributed by atoms with Crippen LogP contribution in [-0.4, -0.2) is 36.3 Å². The fourth-order valence-corrected chi connectivity index (χ4v) is 2.65. The molecule has 4 nitrogen and oxygen atoms in total. The van der Waals surface area contributed by atoms with Gasteiger partial charge in [0.2, 0.25) is 5.91 Å². The lowest BCUT2D eigenvalue weighted by Gasteiger charge is -2.26. The molecule has 1 atom stereocenters. The molecule has 1 saturated carbocycles. The van der Waals surface area contributed by atoms with Crippen molar-refractivity contribution in [1.82, 2.24) is 5.32 Å². The lowest BCUT2D eigenvalue weighted by molar-refractivity contribution is -0.142. The molecule has 1 aliphatic carbocycles. The summed E-state index contributed by atoms with van der Waals surface area (Å²) in [4.78, 5) is 22.4. The predicted molar refractivity (Wildman–Crippen MR) is 75.5 cm³/mol. The van der Waals surface area contributed by atoms with E-state index in [0.29, 0.717) is 5.92 Å². The zero-order valence-corrected chi connectivity index (χ0v) is 12.5. The quantitative estimate of drug-likeness (QED) is 0.580. The Kier molecular flexibility index (Phi) is 8.22. The average molecular weight is 310 g/mol. The molecule has 0 aliphatic heterocycles. The fraction of sp³-hybridized carbons (Fsp3) is 0.846. The largest absolute Gasteiger partial charge is 0.463 e. The number of ether oxygens (including phenoxy) is 1. The fourth-order valence-electron chi connectivity index (χ4n) is 2.49. The zero-order valence-electron chi connectivity index (χ0n) is 11.0. The van der Waals surface area contributed by atoms with Crippen molar-refractivity contribution in [2.75, 3.05) is 18.4 Å². The van der Waals surface area contributed by atoms with Crippen LogP contribution in [0.3, 0.4) is 0 Å². The molecule has 0 heterocycles. The molecule has 110 valence electrons. The molecule has 0 saturated heterocycles. The Hall–Kier alpha value is -0.480. The summed E-state index contributed by atoms with van der Waals surface area (Å²) in [6, 6.07) is -0.165. The van der Waals surface area contributed by atoms with Crippen LogP contribution in [0.2, 0.25) is 0 Å². The summed E-state index contributed by atoms with van der Waals surface area (Å²) in [5.74, 6) is -0.353. The van der Waals surface area contributed by atoms with Crippen LogP contribution in [0.4, 0.5) is 0 Å². The van der Waals surface area contributed by atoms with Gasteiger partial charge in [0.25, 0.3) is 0 Å². The normalized spacial score (nSPS) is 17.8. The predicted octanol–water partition coefficient (Wildman–Crippen LogP) is 2.46. The third kappa shape index (κ3) is 7.02. The molecule has 1 unspecified atom stereocenters. The van der Waals surface area contributed by atoms with Crippen LogP contribution < -0.4 is 5.32 Å². The summed E-state index contributed by atoms with van der Waals surface area (Å²) < 4.78 is 5.01. The molecule has 0 bridgehead atoms. The van der Waals surface area contributed by atoms with Gasteiger partial charge in [-0.1, -0.05) is 32.1 Å². The standard InChI is InChI=1S/C13H21Cl2NO3/c14-7-12(17)16-11(9-19-13(18)8-15)6-10-4-2-1-3-5-10/h10-11H,1-9H2,(H,16,17). The maximum atomic E-state index is 11.4. The van der Waals surface area contributed by atoms with Gasteiger partial charge < -0.3 is 10.1 Å². The van der Waals surface area contributed by atoms with Gasteiger partial charge in [-0.25, -0.2) is 0 Å². The number of halogens is 2. The van der Waals surface area contributed by atoms with Crippen molar-refractivity contribution < 1.29 is 14.3 Å². The van der Waals surface area contributed by atoms with Gasteiger partial charge in [0.15, 0.2) is 0 Å². The number of amides is 1. The molecular formula is C13H21Cl2NO3. The molecule has 0 aromatic heterocycles. The Labute approximate surface area is 124 Å². The van der Waals surface area contributed by atoms with E-state index in [9.17, 15) is 9.59 Å². The van der Waals surface area contributed by atoms with Crippen LogP contribution in [0.5, 0.6) is 0 Å². The van der Waals surface area contributed by atoms with E-state index in [2.05, 4.69) is 5.32 Å². The Morgan fingerprint density at radius 1 is 1.16 bits per heavy atom. The van der Waals surface area contributed by atoms with Crippen molar-refractivity contribution in [1.29, 1.82) is 0 Å². The number of carbonyl (C=O) groups excluding carboxylic acids is 2. The van der Waals surface area contributed by atoms with E-state index in [0.717, 1.165) is 6.42 Å². The summed E-state index contributed by atoms with van der Waals surface area (Å²) in [6.07, 6.45) is 6.95. The topological polar surface area (TPSA) is 55.4 Å². The Morgan fingerprint density at radius 3 is 2.42 bits per heavy atom. The van der Waals surface area contributed by atoms with Crippen molar-refractivity contribution in [3.8, 4) is 0 Å². The van der Waals surface area contributed by atoms with Crippen molar-refractivity contribution >= 4 is 35.1 Å². The minimum atomic E-state index is -0.463. The summed E-state index contributed by atoms with van der Waals surface area (Å²) in [5, 5.41) is 2.80. The summed E-state index contributed by atoms with van der Waals surface area (Å²) in [5.41, 5.74) is 0. The van der Waals surface area contributed by atoms with Gasteiger partial charge in [0.05, 0.1) is 6.04 Å². The smallest absolute Gasteiger partial charge is 0.320 e. The maximum Gasteiger partial charge on any atom is 0.320 e. The molecular weight excluding hydrogens is 289 g/mol. The van der Waals surface area contributed by atoms with E-state index in [4.69, 9.17) is 27.9 Å². The first-order valence-electron chi connectivity index (χ1n) is 6.72. The number of hydrogen-bond donors (Lipinski definition) is 1. The first-order chi connectivity index (χ1) is 9.15. The third-order valence-corrected chi connectivity index (χ3v) is 3.84. The molecule has 6 heteroatoms. The Balaban J connectivity index is 2.42. The summed E-state index contributed by atoms with van der Waals surface area (Å²) in [7, 11) is 0. The van der Waals surface area contributed by atoms with Crippen molar-refractivity contribution in [2.24, 2.45) is 5.92 Å². The van der Waals surface area contributed by atoms with Gasteiger partial charge in [-0.3, -0.25) is 9.59 Å². The van der Waals surface area contributed by atoms with Crippen LogP contribution in [0.15, 0.2) is 0 Å². The molecule has 1 N–H and O–H groups in total. The molecule has 0 spiro atoms. The minimum absolute atomic E-state index is 0.0788. The lowest BCUT2D eigenvalue weighted by atomic mass is 9.85. The number of alkyl halides is 2. The first-order valence-corrected chi connectivity index (χ1v) is 7.79. The second kappa shape index (κ2) is 9.43. The van der Waals surface area contributed by atoms with E-state index in [1.54, 1.807) is 0 Å². The SMILES string of the molecule is O=C(CCl)NC(COC(=O)CCl)CC1CCCCC1. The molecule has 0 aromatic carbocycles. The molecule has 0 aromatic rings. The first kappa shape index (κ1) is 16.6. The zero-order chi connectivity index (χ0) is 14.1. The van der Waals surface area contributed by atoms with Crippen LogP contribution in [-0.2, 0) is 14.3 Å². The summed E-state index contributed by atoms with van der Waals surface area (Å²) in [6.45, 7) is 0.171.